The number of nitrogens with two attached hydrogens (primary N) is 1. The van der Waals surface area contributed by atoms with Gasteiger partial charge in [0.25, 0.3) is 0 Å². The predicted molar refractivity (Wildman–Crippen MR) is 88.0 cm³/mol. The van der Waals surface area contributed by atoms with Crippen LogP contribution in [-0.2, 0) is 16.4 Å². The first kappa shape index (κ1) is 17.5. The predicted octanol–water partition coefficient (Wildman–Crippen LogP) is 1.84. The Balaban J connectivity index is 0.00000176. The van der Waals surface area contributed by atoms with Crippen molar-refractivity contribution in [2.24, 2.45) is 11.7 Å². The van der Waals surface area contributed by atoms with Gasteiger partial charge in [-0.15, -0.1) is 12.4 Å². The molecule has 0 radical (unpaired) electrons. The SMILES string of the molecule is Cl.NCC(NS(=O)(=O)c1ccc2c(c1)CCO2)C1CCCC1. The molecule has 3 N–H and O–H groups in total. The second kappa shape index (κ2) is 7.17. The first-order chi connectivity index (χ1) is 10.1. The Labute approximate surface area is 138 Å². The monoisotopic (exact) mass is 346 g/mol. The summed E-state index contributed by atoms with van der Waals surface area (Å²) in [6.07, 6.45) is 5.21. The molecule has 124 valence electrons. The van der Waals surface area contributed by atoms with Gasteiger partial charge in [0.1, 0.15) is 5.75 Å². The van der Waals surface area contributed by atoms with E-state index in [-0.39, 0.29) is 18.4 Å². The van der Waals surface area contributed by atoms with E-state index in [0.717, 1.165) is 30.6 Å². The Bertz CT molecular complexity index is 615. The fourth-order valence-electron chi connectivity index (χ4n) is 3.29. The molecule has 0 spiro atoms. The molecule has 2 aliphatic rings. The molecule has 7 heteroatoms. The third kappa shape index (κ3) is 3.56. The van der Waals surface area contributed by atoms with Crippen molar-refractivity contribution in [2.45, 2.75) is 43.0 Å². The zero-order chi connectivity index (χ0) is 14.9. The number of halogens is 1. The van der Waals surface area contributed by atoms with Gasteiger partial charge in [-0.05, 0) is 42.5 Å². The van der Waals surface area contributed by atoms with Crippen LogP contribution in [0.15, 0.2) is 23.1 Å². The van der Waals surface area contributed by atoms with Gasteiger partial charge in [-0.2, -0.15) is 0 Å². The quantitative estimate of drug-likeness (QED) is 0.852. The van der Waals surface area contributed by atoms with E-state index in [9.17, 15) is 8.42 Å². The molecule has 1 aromatic carbocycles. The number of fused-ring (bicyclic) bond motifs is 1. The molecule has 3 rings (SSSR count). The van der Waals surface area contributed by atoms with E-state index in [2.05, 4.69) is 4.72 Å². The highest BCUT2D eigenvalue weighted by molar-refractivity contribution is 7.89. The van der Waals surface area contributed by atoms with Crippen LogP contribution >= 0.6 is 12.4 Å². The Morgan fingerprint density at radius 1 is 1.32 bits per heavy atom. The summed E-state index contributed by atoms with van der Waals surface area (Å²) in [4.78, 5) is 0.309. The zero-order valence-electron chi connectivity index (χ0n) is 12.5. The third-order valence-corrected chi connectivity index (χ3v) is 5.99. The first-order valence-electron chi connectivity index (χ1n) is 7.58. The van der Waals surface area contributed by atoms with E-state index < -0.39 is 10.0 Å². The molecule has 1 unspecified atom stereocenters. The number of sulfonamides is 1. The Morgan fingerprint density at radius 3 is 2.73 bits per heavy atom. The van der Waals surface area contributed by atoms with Crippen molar-refractivity contribution in [3.8, 4) is 5.75 Å². The maximum absolute atomic E-state index is 12.6. The molecule has 1 aliphatic heterocycles. The number of ether oxygens (including phenoxy) is 1. The minimum absolute atomic E-state index is 0. The van der Waals surface area contributed by atoms with Gasteiger partial charge in [-0.3, -0.25) is 0 Å². The van der Waals surface area contributed by atoms with Crippen LogP contribution in [0.2, 0.25) is 0 Å². The molecule has 0 aromatic heterocycles. The lowest BCUT2D eigenvalue weighted by molar-refractivity contribution is 0.356. The van der Waals surface area contributed by atoms with Crippen molar-refractivity contribution >= 4 is 22.4 Å². The summed E-state index contributed by atoms with van der Waals surface area (Å²) in [5.74, 6) is 1.16. The van der Waals surface area contributed by atoms with Crippen molar-refractivity contribution in [1.29, 1.82) is 0 Å². The Hall–Kier alpha value is -0.820. The number of hydrogen-bond donors (Lipinski definition) is 2. The van der Waals surface area contributed by atoms with Gasteiger partial charge >= 0.3 is 0 Å². The van der Waals surface area contributed by atoms with Gasteiger partial charge in [-0.1, -0.05) is 12.8 Å². The molecule has 1 aromatic rings. The van der Waals surface area contributed by atoms with Crippen LogP contribution in [0.25, 0.3) is 0 Å². The maximum Gasteiger partial charge on any atom is 0.240 e. The summed E-state index contributed by atoms with van der Waals surface area (Å²) >= 11 is 0. The average molecular weight is 347 g/mol. The normalized spacial score (nSPS) is 19.3. The van der Waals surface area contributed by atoms with Crippen LogP contribution in [0.4, 0.5) is 0 Å². The molecule has 0 saturated heterocycles. The lowest BCUT2D eigenvalue weighted by Crippen LogP contribution is -2.44. The lowest BCUT2D eigenvalue weighted by atomic mass is 9.99. The summed E-state index contributed by atoms with van der Waals surface area (Å²) in [7, 11) is -3.52. The lowest BCUT2D eigenvalue weighted by Gasteiger charge is -2.23. The van der Waals surface area contributed by atoms with Gasteiger partial charge in [0.2, 0.25) is 10.0 Å². The molecule has 1 atom stereocenters. The van der Waals surface area contributed by atoms with E-state index in [1.807, 2.05) is 0 Å². The highest BCUT2D eigenvalue weighted by Gasteiger charge is 2.29. The summed E-state index contributed by atoms with van der Waals surface area (Å²) in [5, 5.41) is 0. The van der Waals surface area contributed by atoms with Crippen molar-refractivity contribution in [3.63, 3.8) is 0 Å². The molecule has 1 saturated carbocycles. The Kier molecular flexibility index (Phi) is 5.71. The fraction of sp³-hybridized carbons (Fsp3) is 0.600. The van der Waals surface area contributed by atoms with Crippen LogP contribution in [0.1, 0.15) is 31.2 Å². The van der Waals surface area contributed by atoms with Crippen LogP contribution < -0.4 is 15.2 Å². The van der Waals surface area contributed by atoms with Gasteiger partial charge in [0.15, 0.2) is 0 Å². The van der Waals surface area contributed by atoms with E-state index in [4.69, 9.17) is 10.5 Å². The average Bonchev–Trinajstić information content (AvgIpc) is 3.14. The molecule has 1 fully saturated rings. The van der Waals surface area contributed by atoms with E-state index in [1.165, 1.54) is 12.8 Å². The molecule has 22 heavy (non-hydrogen) atoms. The molecular weight excluding hydrogens is 324 g/mol. The molecule has 0 amide bonds. The summed E-state index contributed by atoms with van der Waals surface area (Å²) < 4.78 is 33.3. The van der Waals surface area contributed by atoms with Crippen LogP contribution in [0, 0.1) is 5.92 Å². The summed E-state index contributed by atoms with van der Waals surface area (Å²) in [6, 6.07) is 4.90. The number of hydrogen-bond acceptors (Lipinski definition) is 4. The smallest absolute Gasteiger partial charge is 0.240 e. The van der Waals surface area contributed by atoms with Crippen LogP contribution in [0.5, 0.6) is 5.75 Å². The van der Waals surface area contributed by atoms with E-state index in [1.54, 1.807) is 18.2 Å². The molecule has 5 nitrogen and oxygen atoms in total. The molecular formula is C15H23ClN2O3S. The van der Waals surface area contributed by atoms with E-state index in [0.29, 0.717) is 24.0 Å². The highest BCUT2D eigenvalue weighted by Crippen LogP contribution is 2.30. The van der Waals surface area contributed by atoms with Crippen molar-refractivity contribution in [1.82, 2.24) is 4.72 Å². The van der Waals surface area contributed by atoms with Crippen molar-refractivity contribution in [3.05, 3.63) is 23.8 Å². The highest BCUT2D eigenvalue weighted by atomic mass is 35.5. The topological polar surface area (TPSA) is 81.4 Å². The second-order valence-corrected chi connectivity index (χ2v) is 7.59. The molecule has 0 bridgehead atoms. The van der Waals surface area contributed by atoms with Crippen molar-refractivity contribution < 1.29 is 13.2 Å². The minimum atomic E-state index is -3.52. The minimum Gasteiger partial charge on any atom is -0.493 e. The largest absolute Gasteiger partial charge is 0.493 e. The van der Waals surface area contributed by atoms with Gasteiger partial charge < -0.3 is 10.5 Å². The van der Waals surface area contributed by atoms with Gasteiger partial charge in [0, 0.05) is 19.0 Å². The van der Waals surface area contributed by atoms with Crippen LogP contribution in [0.3, 0.4) is 0 Å². The second-order valence-electron chi connectivity index (χ2n) is 5.88. The number of benzene rings is 1. The van der Waals surface area contributed by atoms with E-state index >= 15 is 0 Å². The summed E-state index contributed by atoms with van der Waals surface area (Å²) in [5.41, 5.74) is 6.74. The van der Waals surface area contributed by atoms with Crippen molar-refractivity contribution in [2.75, 3.05) is 13.2 Å². The maximum atomic E-state index is 12.6. The van der Waals surface area contributed by atoms with Gasteiger partial charge in [-0.25, -0.2) is 13.1 Å². The number of rotatable bonds is 5. The standard InChI is InChI=1S/C15H22N2O3S.ClH/c16-10-14(11-3-1-2-4-11)17-21(18,19)13-5-6-15-12(9-13)7-8-20-15;/h5-6,9,11,14,17H,1-4,7-8,10,16H2;1H. The first-order valence-corrected chi connectivity index (χ1v) is 9.06. The van der Waals surface area contributed by atoms with Crippen LogP contribution in [-0.4, -0.2) is 27.6 Å². The Morgan fingerprint density at radius 2 is 2.05 bits per heavy atom. The van der Waals surface area contributed by atoms with Gasteiger partial charge in [0.05, 0.1) is 11.5 Å². The fourth-order valence-corrected chi connectivity index (χ4v) is 4.66. The zero-order valence-corrected chi connectivity index (χ0v) is 14.1. The molecule has 1 heterocycles. The number of nitrogens with one attached hydrogen (secondary N) is 1. The summed E-state index contributed by atoms with van der Waals surface area (Å²) in [6.45, 7) is 0.970. The molecule has 1 aliphatic carbocycles. The third-order valence-electron chi connectivity index (χ3n) is 4.50.